The Morgan fingerprint density at radius 1 is 0.968 bits per heavy atom. The molecule has 5 aromatic rings. The van der Waals surface area contributed by atoms with E-state index in [1.165, 1.54) is 0 Å². The summed E-state index contributed by atoms with van der Waals surface area (Å²) < 4.78 is 8.77. The normalized spacial score (nSPS) is 11.4. The summed E-state index contributed by atoms with van der Waals surface area (Å²) in [4.78, 5) is 4.43. The van der Waals surface area contributed by atoms with Crippen molar-refractivity contribution in [2.24, 2.45) is 7.05 Å². The first kappa shape index (κ1) is 19.1. The van der Waals surface area contributed by atoms with Crippen molar-refractivity contribution < 1.29 is 4.74 Å². The molecule has 2 aromatic carbocycles. The number of nitrogens with zero attached hydrogens (tertiary/aromatic N) is 3. The summed E-state index contributed by atoms with van der Waals surface area (Å²) in [5.74, 6) is 2.16. The van der Waals surface area contributed by atoms with Gasteiger partial charge in [0.05, 0.1) is 6.20 Å². The van der Waals surface area contributed by atoms with Gasteiger partial charge in [-0.15, -0.1) is 11.3 Å². The predicted molar refractivity (Wildman–Crippen MR) is 128 cm³/mol. The Morgan fingerprint density at radius 2 is 1.74 bits per heavy atom. The first-order valence-corrected chi connectivity index (χ1v) is 10.7. The van der Waals surface area contributed by atoms with Crippen LogP contribution in [0.5, 0.6) is 11.5 Å². The van der Waals surface area contributed by atoms with E-state index in [-0.39, 0.29) is 0 Å². The van der Waals surface area contributed by atoms with Gasteiger partial charge in [-0.3, -0.25) is 4.68 Å². The van der Waals surface area contributed by atoms with E-state index in [4.69, 9.17) is 10.5 Å². The van der Waals surface area contributed by atoms with E-state index >= 15 is 0 Å². The van der Waals surface area contributed by atoms with Crippen LogP contribution in [-0.2, 0) is 7.05 Å². The molecule has 5 nitrogen and oxygen atoms in total. The molecule has 0 fully saturated rings. The highest BCUT2D eigenvalue weighted by molar-refractivity contribution is 7.18. The maximum atomic E-state index is 6.24. The molecule has 6 heteroatoms. The molecule has 2 N–H and O–H groups in total. The van der Waals surface area contributed by atoms with E-state index in [2.05, 4.69) is 27.6 Å². The van der Waals surface area contributed by atoms with Gasteiger partial charge < -0.3 is 10.5 Å². The fourth-order valence-corrected chi connectivity index (χ4v) is 4.52. The SMILES string of the molecule is Cn1cc(-c2cnc(N)c3c(/C=C/c4ccc(Oc5ccccc5)cc4)csc23)cn1. The summed E-state index contributed by atoms with van der Waals surface area (Å²) in [7, 11) is 1.91. The first-order valence-electron chi connectivity index (χ1n) is 9.83. The lowest BCUT2D eigenvalue weighted by molar-refractivity contribution is 0.482. The van der Waals surface area contributed by atoms with Crippen LogP contribution in [0.1, 0.15) is 11.1 Å². The van der Waals surface area contributed by atoms with Crippen LogP contribution in [0.2, 0.25) is 0 Å². The Labute approximate surface area is 184 Å². The summed E-state index contributed by atoms with van der Waals surface area (Å²) >= 11 is 1.67. The van der Waals surface area contributed by atoms with Gasteiger partial charge in [0.1, 0.15) is 17.3 Å². The van der Waals surface area contributed by atoms with Crippen molar-refractivity contribution >= 4 is 39.4 Å². The third-order valence-corrected chi connectivity index (χ3v) is 6.01. The second-order valence-electron chi connectivity index (χ2n) is 7.17. The number of aryl methyl sites for hydroxylation is 1. The van der Waals surface area contributed by atoms with E-state index < -0.39 is 0 Å². The molecule has 0 amide bonds. The van der Waals surface area contributed by atoms with Gasteiger partial charge in [0, 0.05) is 40.7 Å². The lowest BCUT2D eigenvalue weighted by Gasteiger charge is -2.05. The van der Waals surface area contributed by atoms with E-state index in [1.807, 2.05) is 80.2 Å². The number of ether oxygens (including phenoxy) is 1. The van der Waals surface area contributed by atoms with Crippen molar-refractivity contribution in [1.29, 1.82) is 0 Å². The minimum Gasteiger partial charge on any atom is -0.457 e. The average molecular weight is 425 g/mol. The average Bonchev–Trinajstić information content (AvgIpc) is 3.41. The largest absolute Gasteiger partial charge is 0.457 e. The summed E-state index contributed by atoms with van der Waals surface area (Å²) in [6.45, 7) is 0. The molecule has 3 aromatic heterocycles. The van der Waals surface area contributed by atoms with Gasteiger partial charge in [0.2, 0.25) is 0 Å². The van der Waals surface area contributed by atoms with Crippen LogP contribution in [-0.4, -0.2) is 14.8 Å². The van der Waals surface area contributed by atoms with Gasteiger partial charge in [-0.25, -0.2) is 4.98 Å². The number of fused-ring (bicyclic) bond motifs is 1. The molecule has 0 aliphatic carbocycles. The standard InChI is InChI=1S/C25H20N4OS/c1-29-15-19(13-28-29)22-14-27-25(26)23-18(16-31-24(22)23)10-7-17-8-11-21(12-9-17)30-20-5-3-2-4-6-20/h2-16H,1H3,(H2,26,27)/b10-7+. The zero-order valence-corrected chi connectivity index (χ0v) is 17.7. The van der Waals surface area contributed by atoms with E-state index in [1.54, 1.807) is 16.0 Å². The molecule has 0 saturated heterocycles. The van der Waals surface area contributed by atoms with Crippen LogP contribution in [0.25, 0.3) is 33.4 Å². The number of para-hydroxylation sites is 1. The number of benzene rings is 2. The van der Waals surface area contributed by atoms with Crippen LogP contribution in [0, 0.1) is 0 Å². The number of aromatic nitrogens is 3. The number of anilines is 1. The molecule has 152 valence electrons. The highest BCUT2D eigenvalue weighted by Crippen LogP contribution is 2.38. The second-order valence-corrected chi connectivity index (χ2v) is 8.05. The summed E-state index contributed by atoms with van der Waals surface area (Å²) in [6.07, 6.45) is 9.81. The van der Waals surface area contributed by atoms with Crippen molar-refractivity contribution in [1.82, 2.24) is 14.8 Å². The Morgan fingerprint density at radius 3 is 2.48 bits per heavy atom. The Hall–Kier alpha value is -3.90. The van der Waals surface area contributed by atoms with E-state index in [0.717, 1.165) is 43.8 Å². The monoisotopic (exact) mass is 424 g/mol. The van der Waals surface area contributed by atoms with Gasteiger partial charge in [0.15, 0.2) is 0 Å². The van der Waals surface area contributed by atoms with Gasteiger partial charge >= 0.3 is 0 Å². The van der Waals surface area contributed by atoms with Crippen molar-refractivity contribution in [2.75, 3.05) is 5.73 Å². The van der Waals surface area contributed by atoms with E-state index in [0.29, 0.717) is 5.82 Å². The highest BCUT2D eigenvalue weighted by Gasteiger charge is 2.13. The Kier molecular flexibility index (Phi) is 4.98. The van der Waals surface area contributed by atoms with Gasteiger partial charge in [-0.2, -0.15) is 5.10 Å². The molecule has 31 heavy (non-hydrogen) atoms. The molecule has 0 bridgehead atoms. The molecule has 3 heterocycles. The zero-order valence-electron chi connectivity index (χ0n) is 16.9. The van der Waals surface area contributed by atoms with Crippen LogP contribution < -0.4 is 10.5 Å². The van der Waals surface area contributed by atoms with Crippen molar-refractivity contribution in [3.8, 4) is 22.6 Å². The molecule has 0 saturated carbocycles. The minimum absolute atomic E-state index is 0.537. The van der Waals surface area contributed by atoms with Crippen molar-refractivity contribution in [2.45, 2.75) is 0 Å². The minimum atomic E-state index is 0.537. The number of pyridine rings is 1. The number of nitrogens with two attached hydrogens (primary N) is 1. The summed E-state index contributed by atoms with van der Waals surface area (Å²) in [5, 5.41) is 7.37. The molecule has 0 atom stereocenters. The second kappa shape index (κ2) is 8.08. The lowest BCUT2D eigenvalue weighted by atomic mass is 10.1. The molecule has 0 aliphatic rings. The predicted octanol–water partition coefficient (Wildman–Crippen LogP) is 6.24. The fraction of sp³-hybridized carbons (Fsp3) is 0.0400. The van der Waals surface area contributed by atoms with Gasteiger partial charge in [-0.05, 0) is 40.8 Å². The Bertz CT molecular complexity index is 1370. The van der Waals surface area contributed by atoms with Crippen molar-refractivity contribution in [3.63, 3.8) is 0 Å². The lowest BCUT2D eigenvalue weighted by Crippen LogP contribution is -1.92. The molecule has 5 rings (SSSR count). The van der Waals surface area contributed by atoms with Crippen LogP contribution in [0.15, 0.2) is 78.6 Å². The number of thiophene rings is 1. The van der Waals surface area contributed by atoms with Gasteiger partial charge in [0.25, 0.3) is 0 Å². The molecular weight excluding hydrogens is 404 g/mol. The smallest absolute Gasteiger partial charge is 0.132 e. The number of hydrogen-bond acceptors (Lipinski definition) is 5. The maximum absolute atomic E-state index is 6.24. The molecule has 0 radical (unpaired) electrons. The number of rotatable bonds is 5. The van der Waals surface area contributed by atoms with Crippen LogP contribution in [0.3, 0.4) is 0 Å². The third kappa shape index (κ3) is 3.93. The summed E-state index contributed by atoms with van der Waals surface area (Å²) in [6, 6.07) is 17.8. The van der Waals surface area contributed by atoms with E-state index in [9.17, 15) is 0 Å². The van der Waals surface area contributed by atoms with Crippen molar-refractivity contribution in [3.05, 3.63) is 89.7 Å². The first-order chi connectivity index (χ1) is 15.2. The van der Waals surface area contributed by atoms with Crippen LogP contribution >= 0.6 is 11.3 Å². The number of hydrogen-bond donors (Lipinski definition) is 1. The fourth-order valence-electron chi connectivity index (χ4n) is 3.44. The van der Waals surface area contributed by atoms with Crippen LogP contribution in [0.4, 0.5) is 5.82 Å². The summed E-state index contributed by atoms with van der Waals surface area (Å²) in [5.41, 5.74) is 10.5. The quantitative estimate of drug-likeness (QED) is 0.363. The molecule has 0 spiro atoms. The topological polar surface area (TPSA) is 66.0 Å². The molecular formula is C25H20N4OS. The maximum Gasteiger partial charge on any atom is 0.132 e. The molecule has 0 aliphatic heterocycles. The number of nitrogen functional groups attached to an aromatic ring is 1. The third-order valence-electron chi connectivity index (χ3n) is 4.98. The molecule has 0 unspecified atom stereocenters. The van der Waals surface area contributed by atoms with Gasteiger partial charge in [-0.1, -0.05) is 42.5 Å². The zero-order chi connectivity index (χ0) is 21.2. The highest BCUT2D eigenvalue weighted by atomic mass is 32.1. The Balaban J connectivity index is 1.41.